The first-order valence-corrected chi connectivity index (χ1v) is 8.49. The van der Waals surface area contributed by atoms with E-state index in [9.17, 15) is 9.59 Å². The van der Waals surface area contributed by atoms with Gasteiger partial charge in [0.15, 0.2) is 5.69 Å². The third kappa shape index (κ3) is 2.50. The first kappa shape index (κ1) is 15.6. The molecule has 0 unspecified atom stereocenters. The quantitative estimate of drug-likeness (QED) is 0.687. The number of aromatic nitrogens is 2. The standard InChI is InChI=1S/C16H23N5O3/c1-8(22)17-14-12(9-4-6-24-15(9)14)18-16(23)13-10-7-21(2)5-3-11(10)19-20-13/h9,12,14-15H,3-7H2,1-2H3,(H,17,22)(H,18,23)(H,19,20)/t9-,12+,14-,15-/m1/s1. The van der Waals surface area contributed by atoms with Gasteiger partial charge in [0.05, 0.1) is 18.2 Å². The minimum Gasteiger partial charge on any atom is -0.376 e. The van der Waals surface area contributed by atoms with E-state index in [1.54, 1.807) is 0 Å². The molecule has 24 heavy (non-hydrogen) atoms. The summed E-state index contributed by atoms with van der Waals surface area (Å²) < 4.78 is 5.68. The number of ether oxygens (including phenoxy) is 1. The molecule has 3 heterocycles. The van der Waals surface area contributed by atoms with E-state index < -0.39 is 0 Å². The van der Waals surface area contributed by atoms with Crippen LogP contribution in [0.25, 0.3) is 0 Å². The van der Waals surface area contributed by atoms with Crippen LogP contribution < -0.4 is 10.6 Å². The van der Waals surface area contributed by atoms with E-state index in [1.807, 2.05) is 7.05 Å². The molecule has 1 saturated heterocycles. The van der Waals surface area contributed by atoms with Crippen molar-refractivity contribution in [2.45, 2.75) is 44.5 Å². The maximum absolute atomic E-state index is 12.7. The number of nitrogens with zero attached hydrogens (tertiary/aromatic N) is 2. The van der Waals surface area contributed by atoms with Crippen LogP contribution in [0.1, 0.15) is 35.1 Å². The van der Waals surface area contributed by atoms with Gasteiger partial charge in [0.1, 0.15) is 0 Å². The van der Waals surface area contributed by atoms with Crippen LogP contribution in [0.15, 0.2) is 0 Å². The van der Waals surface area contributed by atoms with Crippen LogP contribution in [-0.4, -0.2) is 65.3 Å². The Bertz CT molecular complexity index is 673. The number of likely N-dealkylation sites (N-methyl/N-ethyl adjacent to an activating group) is 1. The Morgan fingerprint density at radius 1 is 1.33 bits per heavy atom. The first-order chi connectivity index (χ1) is 11.5. The highest BCUT2D eigenvalue weighted by Crippen LogP contribution is 2.39. The molecule has 0 radical (unpaired) electrons. The van der Waals surface area contributed by atoms with Gasteiger partial charge in [-0.2, -0.15) is 5.10 Å². The SMILES string of the molecule is CC(=O)N[C@@H]1[C@@H](NC(=O)c2n[nH]c3c2CN(C)CC3)[C@H]2CCO[C@H]21. The maximum Gasteiger partial charge on any atom is 0.272 e. The van der Waals surface area contributed by atoms with Gasteiger partial charge in [-0.15, -0.1) is 0 Å². The lowest BCUT2D eigenvalue weighted by atomic mass is 9.71. The molecule has 130 valence electrons. The van der Waals surface area contributed by atoms with Gasteiger partial charge in [-0.05, 0) is 13.5 Å². The molecular weight excluding hydrogens is 310 g/mol. The molecule has 1 saturated carbocycles. The Kier molecular flexibility index (Phi) is 3.80. The predicted octanol–water partition coefficient (Wildman–Crippen LogP) is -0.581. The number of aromatic amines is 1. The van der Waals surface area contributed by atoms with Crippen molar-refractivity contribution in [3.05, 3.63) is 17.0 Å². The van der Waals surface area contributed by atoms with Gasteiger partial charge in [-0.3, -0.25) is 14.7 Å². The van der Waals surface area contributed by atoms with Gasteiger partial charge in [0, 0.05) is 50.2 Å². The van der Waals surface area contributed by atoms with Crippen LogP contribution in [0.4, 0.5) is 0 Å². The third-order valence-electron chi connectivity index (χ3n) is 5.39. The number of hydrogen-bond donors (Lipinski definition) is 3. The molecule has 4 rings (SSSR count). The molecule has 8 nitrogen and oxygen atoms in total. The maximum atomic E-state index is 12.7. The minimum atomic E-state index is -0.173. The molecule has 3 N–H and O–H groups in total. The zero-order valence-corrected chi connectivity index (χ0v) is 14.0. The van der Waals surface area contributed by atoms with E-state index in [4.69, 9.17) is 4.74 Å². The van der Waals surface area contributed by atoms with Crippen LogP contribution in [0, 0.1) is 5.92 Å². The molecule has 0 aromatic carbocycles. The molecule has 2 aliphatic heterocycles. The molecule has 2 fully saturated rings. The van der Waals surface area contributed by atoms with Crippen molar-refractivity contribution >= 4 is 11.8 Å². The Hall–Kier alpha value is -1.93. The van der Waals surface area contributed by atoms with Crippen molar-refractivity contribution in [1.82, 2.24) is 25.7 Å². The number of carbonyl (C=O) groups excluding carboxylic acids is 2. The van der Waals surface area contributed by atoms with Crippen LogP contribution >= 0.6 is 0 Å². The van der Waals surface area contributed by atoms with Gasteiger partial charge >= 0.3 is 0 Å². The van der Waals surface area contributed by atoms with Crippen molar-refractivity contribution in [1.29, 1.82) is 0 Å². The second kappa shape index (κ2) is 5.86. The number of nitrogens with one attached hydrogen (secondary N) is 3. The molecule has 2 amide bonds. The topological polar surface area (TPSA) is 99.3 Å². The summed E-state index contributed by atoms with van der Waals surface area (Å²) in [5, 5.41) is 13.2. The summed E-state index contributed by atoms with van der Waals surface area (Å²) in [6, 6.07) is -0.251. The summed E-state index contributed by atoms with van der Waals surface area (Å²) in [4.78, 5) is 26.3. The number of H-pyrrole nitrogens is 1. The van der Waals surface area contributed by atoms with E-state index in [-0.39, 0.29) is 35.9 Å². The van der Waals surface area contributed by atoms with Gasteiger partial charge in [-0.1, -0.05) is 0 Å². The minimum absolute atomic E-state index is 0.0124. The first-order valence-electron chi connectivity index (χ1n) is 8.49. The average Bonchev–Trinajstić information content (AvgIpc) is 3.14. The largest absolute Gasteiger partial charge is 0.376 e. The number of carbonyl (C=O) groups is 2. The second-order valence-electron chi connectivity index (χ2n) is 7.03. The van der Waals surface area contributed by atoms with Gasteiger partial charge in [-0.25, -0.2) is 0 Å². The molecule has 4 atom stereocenters. The predicted molar refractivity (Wildman–Crippen MR) is 85.3 cm³/mol. The second-order valence-corrected chi connectivity index (χ2v) is 7.03. The fourth-order valence-electron chi connectivity index (χ4n) is 4.15. The zero-order valence-electron chi connectivity index (χ0n) is 14.0. The van der Waals surface area contributed by atoms with Crippen LogP contribution in [0.3, 0.4) is 0 Å². The summed E-state index contributed by atoms with van der Waals surface area (Å²) in [7, 11) is 2.04. The number of amides is 2. The summed E-state index contributed by atoms with van der Waals surface area (Å²) in [5.41, 5.74) is 2.50. The Morgan fingerprint density at radius 2 is 2.17 bits per heavy atom. The average molecular weight is 333 g/mol. The van der Waals surface area contributed by atoms with E-state index >= 15 is 0 Å². The number of hydrogen-bond acceptors (Lipinski definition) is 5. The van der Waals surface area contributed by atoms with Crippen molar-refractivity contribution in [3.8, 4) is 0 Å². The highest BCUT2D eigenvalue weighted by Gasteiger charge is 2.55. The van der Waals surface area contributed by atoms with E-state index in [0.29, 0.717) is 12.3 Å². The van der Waals surface area contributed by atoms with E-state index in [1.165, 1.54) is 6.92 Å². The fraction of sp³-hybridized carbons (Fsp3) is 0.688. The number of rotatable bonds is 3. The molecule has 1 aromatic rings. The normalized spacial score (nSPS) is 31.8. The lowest BCUT2D eigenvalue weighted by Gasteiger charge is -2.47. The molecule has 1 aliphatic carbocycles. The lowest BCUT2D eigenvalue weighted by Crippen LogP contribution is -2.70. The summed E-state index contributed by atoms with van der Waals surface area (Å²) >= 11 is 0. The number of fused-ring (bicyclic) bond motifs is 2. The summed E-state index contributed by atoms with van der Waals surface area (Å²) in [6.07, 6.45) is 1.80. The molecule has 1 aromatic heterocycles. The van der Waals surface area contributed by atoms with Crippen molar-refractivity contribution in [2.24, 2.45) is 5.92 Å². The monoisotopic (exact) mass is 333 g/mol. The lowest BCUT2D eigenvalue weighted by molar-refractivity contribution is -0.123. The van der Waals surface area contributed by atoms with Crippen molar-refractivity contribution in [3.63, 3.8) is 0 Å². The van der Waals surface area contributed by atoms with E-state index in [0.717, 1.165) is 37.2 Å². The summed E-state index contributed by atoms with van der Waals surface area (Å²) in [6.45, 7) is 3.86. The van der Waals surface area contributed by atoms with E-state index in [2.05, 4.69) is 25.7 Å². The molecule has 8 heteroatoms. The van der Waals surface area contributed by atoms with Gasteiger partial charge < -0.3 is 20.3 Å². The highest BCUT2D eigenvalue weighted by atomic mass is 16.5. The fourth-order valence-corrected chi connectivity index (χ4v) is 4.15. The van der Waals surface area contributed by atoms with Gasteiger partial charge in [0.25, 0.3) is 5.91 Å². The third-order valence-corrected chi connectivity index (χ3v) is 5.39. The zero-order chi connectivity index (χ0) is 16.8. The Balaban J connectivity index is 1.50. The van der Waals surface area contributed by atoms with Crippen LogP contribution in [0.2, 0.25) is 0 Å². The molecule has 3 aliphatic rings. The Morgan fingerprint density at radius 3 is 2.96 bits per heavy atom. The van der Waals surface area contributed by atoms with Crippen molar-refractivity contribution < 1.29 is 14.3 Å². The highest BCUT2D eigenvalue weighted by molar-refractivity contribution is 5.94. The molecule has 0 spiro atoms. The molecule has 0 bridgehead atoms. The van der Waals surface area contributed by atoms with Crippen LogP contribution in [0.5, 0.6) is 0 Å². The van der Waals surface area contributed by atoms with Crippen molar-refractivity contribution in [2.75, 3.05) is 20.2 Å². The Labute approximate surface area is 140 Å². The van der Waals surface area contributed by atoms with Crippen LogP contribution in [-0.2, 0) is 22.5 Å². The van der Waals surface area contributed by atoms with Gasteiger partial charge in [0.2, 0.25) is 5.91 Å². The molecular formula is C16H23N5O3. The smallest absolute Gasteiger partial charge is 0.272 e. The summed E-state index contributed by atoms with van der Waals surface area (Å²) in [5.74, 6) is -0.0104.